The van der Waals surface area contributed by atoms with Crippen LogP contribution in [0.1, 0.15) is 0 Å². The van der Waals surface area contributed by atoms with Crippen LogP contribution in [0, 0.1) is 0 Å². The summed E-state index contributed by atoms with van der Waals surface area (Å²) >= 11 is 7.90. The van der Waals surface area contributed by atoms with Gasteiger partial charge < -0.3 is 19.3 Å². The van der Waals surface area contributed by atoms with Gasteiger partial charge in [0.25, 0.3) is 5.91 Å². The van der Waals surface area contributed by atoms with E-state index in [1.165, 1.54) is 0 Å². The molecule has 164 valence electrons. The lowest BCUT2D eigenvalue weighted by Crippen LogP contribution is -2.50. The number of piperazine rings is 1. The molecular weight excluding hydrogens is 446 g/mol. The number of ether oxygens (including phenoxy) is 2. The Morgan fingerprint density at radius 3 is 2.62 bits per heavy atom. The molecule has 1 amide bonds. The lowest BCUT2D eigenvalue weighted by atomic mass is 10.1. The van der Waals surface area contributed by atoms with Crippen molar-refractivity contribution in [3.05, 3.63) is 59.6 Å². The van der Waals surface area contributed by atoms with E-state index in [0.29, 0.717) is 42.7 Å². The Balaban J connectivity index is 1.20. The van der Waals surface area contributed by atoms with E-state index in [2.05, 4.69) is 11.0 Å². The summed E-state index contributed by atoms with van der Waals surface area (Å²) in [5.41, 5.74) is 0.780. The largest absolute Gasteiger partial charge is 0.494 e. The van der Waals surface area contributed by atoms with Gasteiger partial charge in [0.15, 0.2) is 11.7 Å². The Bertz CT molecular complexity index is 1280. The van der Waals surface area contributed by atoms with Gasteiger partial charge in [0.2, 0.25) is 0 Å². The maximum atomic E-state index is 12.7. The van der Waals surface area contributed by atoms with Gasteiger partial charge >= 0.3 is 0 Å². The summed E-state index contributed by atoms with van der Waals surface area (Å²) in [5.74, 6) is 1.41. The van der Waals surface area contributed by atoms with Gasteiger partial charge in [0, 0.05) is 26.2 Å². The maximum Gasteiger partial charge on any atom is 0.260 e. The number of carbonyl (C=O) groups is 1. The number of rotatable bonds is 5. The summed E-state index contributed by atoms with van der Waals surface area (Å²) in [6.45, 7) is 2.70. The molecule has 1 aliphatic heterocycles. The second-order valence-corrected chi connectivity index (χ2v) is 8.97. The van der Waals surface area contributed by atoms with Crippen LogP contribution >= 0.6 is 22.9 Å². The molecule has 1 saturated heterocycles. The highest BCUT2D eigenvalue weighted by molar-refractivity contribution is 7.22. The number of benzene rings is 3. The van der Waals surface area contributed by atoms with Gasteiger partial charge in [0.1, 0.15) is 17.0 Å². The monoisotopic (exact) mass is 467 g/mol. The standard InChI is InChI=1S/C24H22ClN3O3S/c1-30-20-9-8-19(25)23-22(20)26-24(32-23)28-12-10-27(11-13-28)21(29)15-31-18-7-6-16-4-2-3-5-17(16)14-18/h2-9,14H,10-13,15H2,1H3. The van der Waals surface area contributed by atoms with Crippen LogP contribution in [-0.4, -0.2) is 55.7 Å². The number of amides is 1. The number of halogens is 1. The smallest absolute Gasteiger partial charge is 0.260 e. The summed E-state index contributed by atoms with van der Waals surface area (Å²) in [6.07, 6.45) is 0. The van der Waals surface area contributed by atoms with E-state index in [4.69, 9.17) is 26.1 Å². The number of methoxy groups -OCH3 is 1. The second-order valence-electron chi connectivity index (χ2n) is 7.59. The Labute approximate surface area is 194 Å². The van der Waals surface area contributed by atoms with Crippen LogP contribution in [0.25, 0.3) is 21.0 Å². The van der Waals surface area contributed by atoms with Gasteiger partial charge in [-0.15, -0.1) is 0 Å². The normalized spacial score (nSPS) is 14.2. The highest BCUT2D eigenvalue weighted by atomic mass is 35.5. The van der Waals surface area contributed by atoms with Crippen molar-refractivity contribution in [2.75, 3.05) is 44.8 Å². The molecule has 0 aliphatic carbocycles. The molecule has 2 heterocycles. The molecule has 1 aliphatic rings. The molecule has 0 N–H and O–H groups in total. The molecule has 1 fully saturated rings. The highest BCUT2D eigenvalue weighted by Crippen LogP contribution is 2.38. The first-order valence-corrected chi connectivity index (χ1v) is 11.6. The Kier molecular flexibility index (Phi) is 5.76. The molecule has 1 aromatic heterocycles. The van der Waals surface area contributed by atoms with Crippen LogP contribution < -0.4 is 14.4 Å². The van der Waals surface area contributed by atoms with Crippen LogP contribution in [-0.2, 0) is 4.79 Å². The number of hydrogen-bond donors (Lipinski definition) is 0. The fourth-order valence-corrected chi connectivity index (χ4v) is 5.19. The summed E-state index contributed by atoms with van der Waals surface area (Å²) < 4.78 is 12.1. The molecule has 0 atom stereocenters. The average molecular weight is 468 g/mol. The van der Waals surface area contributed by atoms with Gasteiger partial charge in [-0.05, 0) is 35.0 Å². The lowest BCUT2D eigenvalue weighted by molar-refractivity contribution is -0.133. The van der Waals surface area contributed by atoms with Crippen LogP contribution in [0.4, 0.5) is 5.13 Å². The van der Waals surface area contributed by atoms with Crippen LogP contribution in [0.2, 0.25) is 5.02 Å². The molecule has 0 unspecified atom stereocenters. The molecule has 0 bridgehead atoms. The third-order valence-electron chi connectivity index (χ3n) is 5.65. The van der Waals surface area contributed by atoms with Crippen LogP contribution in [0.3, 0.4) is 0 Å². The van der Waals surface area contributed by atoms with Crippen molar-refractivity contribution in [2.24, 2.45) is 0 Å². The van der Waals surface area contributed by atoms with Crippen molar-refractivity contribution in [2.45, 2.75) is 0 Å². The SMILES string of the molecule is COc1ccc(Cl)c2sc(N3CCN(C(=O)COc4ccc5ccccc5c4)CC3)nc12. The van der Waals surface area contributed by atoms with Gasteiger partial charge in [-0.1, -0.05) is 53.3 Å². The van der Waals surface area contributed by atoms with Gasteiger partial charge in [-0.2, -0.15) is 0 Å². The number of fused-ring (bicyclic) bond motifs is 2. The van der Waals surface area contributed by atoms with Crippen LogP contribution in [0.5, 0.6) is 11.5 Å². The Morgan fingerprint density at radius 2 is 1.84 bits per heavy atom. The third kappa shape index (κ3) is 4.06. The Morgan fingerprint density at radius 1 is 1.06 bits per heavy atom. The zero-order valence-electron chi connectivity index (χ0n) is 17.6. The van der Waals surface area contributed by atoms with Crippen molar-refractivity contribution in [3.8, 4) is 11.5 Å². The van der Waals surface area contributed by atoms with E-state index in [1.54, 1.807) is 18.4 Å². The summed E-state index contributed by atoms with van der Waals surface area (Å²) in [7, 11) is 1.63. The molecule has 8 heteroatoms. The van der Waals surface area contributed by atoms with E-state index < -0.39 is 0 Å². The topological polar surface area (TPSA) is 54.9 Å². The zero-order chi connectivity index (χ0) is 22.1. The predicted octanol–water partition coefficient (Wildman–Crippen LogP) is 4.84. The molecule has 3 aromatic carbocycles. The van der Waals surface area contributed by atoms with Gasteiger partial charge in [0.05, 0.1) is 16.8 Å². The first-order valence-electron chi connectivity index (χ1n) is 10.4. The molecule has 0 radical (unpaired) electrons. The molecule has 0 saturated carbocycles. The minimum Gasteiger partial charge on any atom is -0.494 e. The fourth-order valence-electron chi connectivity index (χ4n) is 3.88. The number of nitrogens with zero attached hydrogens (tertiary/aromatic N) is 3. The fraction of sp³-hybridized carbons (Fsp3) is 0.250. The average Bonchev–Trinajstić information content (AvgIpc) is 3.29. The van der Waals surface area contributed by atoms with Crippen LogP contribution in [0.15, 0.2) is 54.6 Å². The summed E-state index contributed by atoms with van der Waals surface area (Å²) in [4.78, 5) is 21.5. The number of aromatic nitrogens is 1. The predicted molar refractivity (Wildman–Crippen MR) is 129 cm³/mol. The molecule has 32 heavy (non-hydrogen) atoms. The van der Waals surface area contributed by atoms with E-state index in [9.17, 15) is 4.79 Å². The van der Waals surface area contributed by atoms with E-state index in [1.807, 2.05) is 53.4 Å². The minimum atomic E-state index is -0.00757. The number of thiazole rings is 1. The molecule has 4 aromatic rings. The van der Waals surface area contributed by atoms with Crippen molar-refractivity contribution in [3.63, 3.8) is 0 Å². The first kappa shape index (κ1) is 20.8. The van der Waals surface area contributed by atoms with E-state index in [-0.39, 0.29) is 12.5 Å². The number of carbonyl (C=O) groups excluding carboxylic acids is 1. The van der Waals surface area contributed by atoms with Crippen molar-refractivity contribution < 1.29 is 14.3 Å². The number of anilines is 1. The molecule has 6 nitrogen and oxygen atoms in total. The Hall–Kier alpha value is -3.03. The molecule has 0 spiro atoms. The lowest BCUT2D eigenvalue weighted by Gasteiger charge is -2.34. The zero-order valence-corrected chi connectivity index (χ0v) is 19.2. The summed E-state index contributed by atoms with van der Waals surface area (Å²) in [6, 6.07) is 17.6. The van der Waals surface area contributed by atoms with E-state index in [0.717, 1.165) is 26.1 Å². The van der Waals surface area contributed by atoms with E-state index >= 15 is 0 Å². The number of hydrogen-bond acceptors (Lipinski definition) is 6. The minimum absolute atomic E-state index is 0.00757. The van der Waals surface area contributed by atoms with Crippen molar-refractivity contribution in [1.82, 2.24) is 9.88 Å². The maximum absolute atomic E-state index is 12.7. The second kappa shape index (κ2) is 8.84. The van der Waals surface area contributed by atoms with Crippen molar-refractivity contribution in [1.29, 1.82) is 0 Å². The van der Waals surface area contributed by atoms with Gasteiger partial charge in [-0.25, -0.2) is 4.98 Å². The van der Waals surface area contributed by atoms with Gasteiger partial charge in [-0.3, -0.25) is 4.79 Å². The first-order chi connectivity index (χ1) is 15.6. The van der Waals surface area contributed by atoms with Crippen molar-refractivity contribution >= 4 is 55.0 Å². The summed E-state index contributed by atoms with van der Waals surface area (Å²) in [5, 5.41) is 3.81. The molecular formula is C24H22ClN3O3S. The quantitative estimate of drug-likeness (QED) is 0.420. The third-order valence-corrected chi connectivity index (χ3v) is 7.23. The molecule has 5 rings (SSSR count). The highest BCUT2D eigenvalue weighted by Gasteiger charge is 2.24.